The maximum Gasteiger partial charge on any atom is 0.344 e. The maximum absolute atomic E-state index is 14.6. The lowest BCUT2D eigenvalue weighted by Crippen LogP contribution is -2.58. The minimum Gasteiger partial charge on any atom is -0.482 e. The number of ketones is 1. The van der Waals surface area contributed by atoms with Crippen LogP contribution >= 0.6 is 0 Å². The molecule has 1 fully saturated rings. The number of carbonyl (C=O) groups excluding carboxylic acids is 7. The van der Waals surface area contributed by atoms with E-state index in [2.05, 4.69) is 6.58 Å². The van der Waals surface area contributed by atoms with Crippen LogP contribution in [0.2, 0.25) is 0 Å². The summed E-state index contributed by atoms with van der Waals surface area (Å²) < 4.78 is 40.6. The number of para-hydroxylation sites is 1. The molecule has 9 atom stereocenters. The highest BCUT2D eigenvalue weighted by Gasteiger charge is 2.69. The van der Waals surface area contributed by atoms with Gasteiger partial charge in [0.1, 0.15) is 23.1 Å². The topological polar surface area (TPSA) is 204 Å². The van der Waals surface area contributed by atoms with Crippen molar-refractivity contribution in [3.8, 4) is 5.75 Å². The fraction of sp³-hybridized carbons (Fsp3) is 0.575. The van der Waals surface area contributed by atoms with E-state index in [-0.39, 0.29) is 5.57 Å². The second kappa shape index (κ2) is 17.6. The first kappa shape index (κ1) is 44.3. The number of ether oxygens (including phenoxy) is 7. The zero-order valence-electron chi connectivity index (χ0n) is 32.9. The SMILES string of the molecule is C=C1[C@H](OC(=O)C(C)C)[C@@H](OC(C)=O)[C@@H](OC(C)=O)C(C)(C)/C=C/[C@H](C)C(=O)[C@@]2(O)C[C@@](C)(OC(C)=O)[C@H](OC(=O)COc3ccccc3)[C@@H]2[C@H]1OC(C)=O. The Labute approximate surface area is 320 Å². The van der Waals surface area contributed by atoms with Crippen molar-refractivity contribution in [3.05, 3.63) is 54.6 Å². The van der Waals surface area contributed by atoms with E-state index in [4.69, 9.17) is 33.2 Å². The van der Waals surface area contributed by atoms with E-state index in [9.17, 15) is 38.7 Å². The van der Waals surface area contributed by atoms with Crippen LogP contribution in [0, 0.1) is 23.2 Å². The minimum absolute atomic E-state index is 0.315. The Morgan fingerprint density at radius 3 is 1.93 bits per heavy atom. The average Bonchev–Trinajstić information content (AvgIpc) is 3.29. The van der Waals surface area contributed by atoms with Crippen LogP contribution < -0.4 is 4.74 Å². The Morgan fingerprint density at radius 2 is 1.40 bits per heavy atom. The molecule has 1 aromatic carbocycles. The Bertz CT molecular complexity index is 1680. The molecule has 1 saturated carbocycles. The van der Waals surface area contributed by atoms with E-state index < -0.39 is 120 Å². The fourth-order valence-electron chi connectivity index (χ4n) is 7.10. The van der Waals surface area contributed by atoms with Crippen LogP contribution in [0.3, 0.4) is 0 Å². The van der Waals surface area contributed by atoms with Crippen molar-refractivity contribution in [2.45, 2.75) is 117 Å². The third-order valence-electron chi connectivity index (χ3n) is 9.48. The summed E-state index contributed by atoms with van der Waals surface area (Å²) in [5.41, 5.74) is -6.19. The van der Waals surface area contributed by atoms with E-state index in [0.29, 0.717) is 5.75 Å². The van der Waals surface area contributed by atoms with Crippen molar-refractivity contribution in [1.82, 2.24) is 0 Å². The molecule has 1 aromatic rings. The zero-order chi connectivity index (χ0) is 41.6. The molecule has 0 unspecified atom stereocenters. The summed E-state index contributed by atoms with van der Waals surface area (Å²) in [6.07, 6.45) is -6.25. The molecular formula is C40H52O15. The molecule has 15 heteroatoms. The molecule has 0 amide bonds. The van der Waals surface area contributed by atoms with Crippen molar-refractivity contribution in [3.63, 3.8) is 0 Å². The molecule has 0 spiro atoms. The molecule has 0 aliphatic heterocycles. The van der Waals surface area contributed by atoms with Crippen LogP contribution in [0.15, 0.2) is 54.6 Å². The van der Waals surface area contributed by atoms with Gasteiger partial charge in [-0.1, -0.05) is 71.5 Å². The number of Topliss-reactive ketones (excluding diaryl/α,β-unsaturated/α-hetero) is 1. The van der Waals surface area contributed by atoms with Gasteiger partial charge in [0, 0.05) is 51.0 Å². The van der Waals surface area contributed by atoms with E-state index in [1.807, 2.05) is 0 Å². The Balaban J connectivity index is 2.43. The second-order valence-corrected chi connectivity index (χ2v) is 15.1. The van der Waals surface area contributed by atoms with Gasteiger partial charge < -0.3 is 38.3 Å². The van der Waals surface area contributed by atoms with Gasteiger partial charge in [-0.2, -0.15) is 0 Å². The molecule has 2 aliphatic carbocycles. The number of hydrogen-bond donors (Lipinski definition) is 1. The third-order valence-corrected chi connectivity index (χ3v) is 9.48. The van der Waals surface area contributed by atoms with E-state index >= 15 is 0 Å². The molecule has 2 aliphatic rings. The molecule has 0 saturated heterocycles. The highest BCUT2D eigenvalue weighted by atomic mass is 16.6. The van der Waals surface area contributed by atoms with Crippen molar-refractivity contribution in [1.29, 1.82) is 0 Å². The van der Waals surface area contributed by atoms with Crippen molar-refractivity contribution < 1.29 is 71.8 Å². The molecule has 1 N–H and O–H groups in total. The highest BCUT2D eigenvalue weighted by Crippen LogP contribution is 2.52. The van der Waals surface area contributed by atoms with Crippen LogP contribution in [0.4, 0.5) is 0 Å². The second-order valence-electron chi connectivity index (χ2n) is 15.1. The first-order valence-electron chi connectivity index (χ1n) is 17.9. The number of aliphatic hydroxyl groups is 1. The maximum atomic E-state index is 14.6. The molecule has 15 nitrogen and oxygen atoms in total. The molecule has 0 radical (unpaired) electrons. The lowest BCUT2D eigenvalue weighted by Gasteiger charge is -2.44. The summed E-state index contributed by atoms with van der Waals surface area (Å²) in [6, 6.07) is 8.27. The van der Waals surface area contributed by atoms with Crippen LogP contribution in [-0.4, -0.2) is 95.0 Å². The van der Waals surface area contributed by atoms with E-state index in [1.165, 1.54) is 39.8 Å². The van der Waals surface area contributed by atoms with E-state index in [1.54, 1.807) is 44.2 Å². The predicted molar refractivity (Wildman–Crippen MR) is 193 cm³/mol. The average molecular weight is 773 g/mol. The van der Waals surface area contributed by atoms with Crippen LogP contribution in [0.25, 0.3) is 0 Å². The van der Waals surface area contributed by atoms with Gasteiger partial charge in [0.15, 0.2) is 36.8 Å². The quantitative estimate of drug-likeness (QED) is 0.204. The Hall–Kier alpha value is -5.05. The number of benzene rings is 1. The van der Waals surface area contributed by atoms with Crippen molar-refractivity contribution >= 4 is 41.6 Å². The molecule has 3 rings (SSSR count). The fourth-order valence-corrected chi connectivity index (χ4v) is 7.10. The summed E-state index contributed by atoms with van der Waals surface area (Å²) in [7, 11) is 0. The summed E-state index contributed by atoms with van der Waals surface area (Å²) in [5.74, 6) is -9.66. The van der Waals surface area contributed by atoms with E-state index in [0.717, 1.165) is 27.7 Å². The van der Waals surface area contributed by atoms with Gasteiger partial charge >= 0.3 is 35.8 Å². The van der Waals surface area contributed by atoms with Crippen LogP contribution in [-0.2, 0) is 62.0 Å². The van der Waals surface area contributed by atoms with Gasteiger partial charge in [-0.05, 0) is 19.1 Å². The number of esters is 6. The van der Waals surface area contributed by atoms with Gasteiger partial charge in [-0.25, -0.2) is 4.79 Å². The summed E-state index contributed by atoms with van der Waals surface area (Å²) in [4.78, 5) is 92.6. The van der Waals surface area contributed by atoms with Gasteiger partial charge in [-0.15, -0.1) is 0 Å². The molecule has 0 aromatic heterocycles. The van der Waals surface area contributed by atoms with Gasteiger partial charge in [-0.3, -0.25) is 28.8 Å². The first-order chi connectivity index (χ1) is 25.4. The standard InChI is InChI=1S/C40H52O15/c1-21(2)37(47)54-32-23(4)31(50-24(5)41)30-35(53-29(45)19-49-28-15-13-12-14-16-28)39(11,55-27(8)44)20-40(30,48)34(46)22(3)17-18-38(9,10)36(52-26(7)43)33(32)51-25(6)42/h12-18,21-22,30-33,35-36,48H,4,19-20H2,1-3,5-11H3/b18-17+/t22-,30-,31-,32-,33+,35+,36+,39+,40+/m0/s1. The lowest BCUT2D eigenvalue weighted by molar-refractivity contribution is -0.195. The lowest BCUT2D eigenvalue weighted by atomic mass is 9.72. The van der Waals surface area contributed by atoms with Gasteiger partial charge in [0.05, 0.1) is 11.8 Å². The monoisotopic (exact) mass is 772 g/mol. The molecule has 0 bridgehead atoms. The molecule has 302 valence electrons. The molecular weight excluding hydrogens is 720 g/mol. The van der Waals surface area contributed by atoms with Gasteiger partial charge in [0.25, 0.3) is 0 Å². The molecule has 0 heterocycles. The minimum atomic E-state index is -2.61. The normalized spacial score (nSPS) is 31.0. The summed E-state index contributed by atoms with van der Waals surface area (Å²) in [5, 5.41) is 12.8. The predicted octanol–water partition coefficient (Wildman–Crippen LogP) is 3.77. The van der Waals surface area contributed by atoms with Crippen molar-refractivity contribution in [2.24, 2.45) is 23.2 Å². The number of hydrogen-bond acceptors (Lipinski definition) is 15. The van der Waals surface area contributed by atoms with Crippen LogP contribution in [0.5, 0.6) is 5.75 Å². The highest BCUT2D eigenvalue weighted by molar-refractivity contribution is 5.92. The van der Waals surface area contributed by atoms with Crippen LogP contribution in [0.1, 0.15) is 75.7 Å². The smallest absolute Gasteiger partial charge is 0.344 e. The first-order valence-corrected chi connectivity index (χ1v) is 17.9. The van der Waals surface area contributed by atoms with Crippen molar-refractivity contribution in [2.75, 3.05) is 6.61 Å². The van der Waals surface area contributed by atoms with Gasteiger partial charge in [0.2, 0.25) is 0 Å². The number of carbonyl (C=O) groups is 7. The number of rotatable bonds is 10. The Kier molecular flexibility index (Phi) is 14.2. The summed E-state index contributed by atoms with van der Waals surface area (Å²) >= 11 is 0. The largest absolute Gasteiger partial charge is 0.482 e. The zero-order valence-corrected chi connectivity index (χ0v) is 32.9. The third kappa shape index (κ3) is 10.6. The molecule has 55 heavy (non-hydrogen) atoms. The summed E-state index contributed by atoms with van der Waals surface area (Å²) in [6.45, 7) is 16.8. The Morgan fingerprint density at radius 1 is 0.818 bits per heavy atom. The number of fused-ring (bicyclic) bond motifs is 1. The number of allylic oxidation sites excluding steroid dienone is 1.